The van der Waals surface area contributed by atoms with Crippen molar-refractivity contribution in [1.82, 2.24) is 15.0 Å². The molecule has 0 bridgehead atoms. The lowest BCUT2D eigenvalue weighted by Gasteiger charge is -2.23. The number of aromatic nitrogens is 3. The quantitative estimate of drug-likeness (QED) is 0.707. The lowest BCUT2D eigenvalue weighted by atomic mass is 10.1. The molecule has 1 aromatic heterocycles. The lowest BCUT2D eigenvalue weighted by molar-refractivity contribution is 0.110. The molecule has 0 radical (unpaired) electrons. The number of methoxy groups -OCH3 is 1. The van der Waals surface area contributed by atoms with Crippen LogP contribution in [0.1, 0.15) is 23.0 Å². The molecule has 6 heteroatoms. The Balaban J connectivity index is 1.55. The van der Waals surface area contributed by atoms with Gasteiger partial charge in [-0.25, -0.2) is 4.68 Å². The molecule has 1 aliphatic heterocycles. The van der Waals surface area contributed by atoms with E-state index in [0.29, 0.717) is 13.2 Å². The van der Waals surface area contributed by atoms with Gasteiger partial charge in [0, 0.05) is 18.3 Å². The normalized spacial score (nSPS) is 16.8. The molecule has 26 heavy (non-hydrogen) atoms. The molecule has 1 saturated heterocycles. The van der Waals surface area contributed by atoms with Crippen LogP contribution in [0.2, 0.25) is 0 Å². The largest absolute Gasteiger partial charge is 0.497 e. The Labute approximate surface area is 153 Å². The Morgan fingerprint density at radius 1 is 1.19 bits per heavy atom. The zero-order chi connectivity index (χ0) is 17.9. The molecule has 0 aliphatic carbocycles. The van der Waals surface area contributed by atoms with Crippen LogP contribution in [0, 0.1) is 6.92 Å². The van der Waals surface area contributed by atoms with Gasteiger partial charge in [-0.15, -0.1) is 5.10 Å². The number of hydrogen-bond acceptors (Lipinski definition) is 5. The van der Waals surface area contributed by atoms with Crippen LogP contribution in [0.25, 0.3) is 0 Å². The third-order valence-corrected chi connectivity index (χ3v) is 4.68. The monoisotopic (exact) mass is 350 g/mol. The van der Waals surface area contributed by atoms with Crippen molar-refractivity contribution in [2.75, 3.05) is 25.2 Å². The minimum atomic E-state index is -0.229. The van der Waals surface area contributed by atoms with Crippen LogP contribution in [-0.2, 0) is 11.3 Å². The summed E-state index contributed by atoms with van der Waals surface area (Å²) in [5.74, 6) is 0.830. The zero-order valence-corrected chi connectivity index (χ0v) is 15.0. The van der Waals surface area contributed by atoms with Crippen molar-refractivity contribution in [3.63, 3.8) is 0 Å². The minimum Gasteiger partial charge on any atom is -0.497 e. The van der Waals surface area contributed by atoms with E-state index in [0.717, 1.165) is 23.7 Å². The summed E-state index contributed by atoms with van der Waals surface area (Å²) in [5.41, 5.74) is 4.36. The first-order valence-electron chi connectivity index (χ1n) is 8.71. The van der Waals surface area contributed by atoms with Crippen LogP contribution in [0.15, 0.2) is 54.7 Å². The topological polar surface area (TPSA) is 52.4 Å². The number of rotatable bonds is 5. The van der Waals surface area contributed by atoms with Gasteiger partial charge in [0.2, 0.25) is 0 Å². The first-order valence-corrected chi connectivity index (χ1v) is 8.71. The Morgan fingerprint density at radius 3 is 2.92 bits per heavy atom. The Morgan fingerprint density at radius 2 is 2.08 bits per heavy atom. The molecular weight excluding hydrogens is 328 g/mol. The van der Waals surface area contributed by atoms with E-state index >= 15 is 0 Å². The highest BCUT2D eigenvalue weighted by atomic mass is 16.5. The Kier molecular flexibility index (Phi) is 4.58. The molecule has 134 valence electrons. The summed E-state index contributed by atoms with van der Waals surface area (Å²) in [6.45, 7) is 4.28. The average molecular weight is 350 g/mol. The summed E-state index contributed by atoms with van der Waals surface area (Å²) in [7, 11) is 1.67. The van der Waals surface area contributed by atoms with E-state index in [1.54, 1.807) is 7.11 Å². The van der Waals surface area contributed by atoms with E-state index in [1.165, 1.54) is 11.1 Å². The maximum absolute atomic E-state index is 5.94. The molecule has 0 saturated carbocycles. The van der Waals surface area contributed by atoms with Crippen molar-refractivity contribution in [3.05, 3.63) is 71.5 Å². The molecule has 0 unspecified atom stereocenters. The van der Waals surface area contributed by atoms with E-state index < -0.39 is 0 Å². The SMILES string of the molecule is COc1cccc(N2CCO[C@H]2c2cn(Cc3ccccc3C)nn2)c1. The molecule has 3 aromatic rings. The van der Waals surface area contributed by atoms with Crippen LogP contribution in [0.5, 0.6) is 5.75 Å². The maximum atomic E-state index is 5.94. The number of benzene rings is 2. The molecule has 0 N–H and O–H groups in total. The molecule has 1 atom stereocenters. The fraction of sp³-hybridized carbons (Fsp3) is 0.300. The zero-order valence-electron chi connectivity index (χ0n) is 15.0. The summed E-state index contributed by atoms with van der Waals surface area (Å²) < 4.78 is 13.1. The Hall–Kier alpha value is -2.86. The van der Waals surface area contributed by atoms with Gasteiger partial charge < -0.3 is 14.4 Å². The second-order valence-electron chi connectivity index (χ2n) is 6.39. The van der Waals surface area contributed by atoms with E-state index in [-0.39, 0.29) is 6.23 Å². The van der Waals surface area contributed by atoms with Gasteiger partial charge in [-0.1, -0.05) is 35.5 Å². The maximum Gasteiger partial charge on any atom is 0.177 e. The third kappa shape index (κ3) is 3.28. The van der Waals surface area contributed by atoms with Gasteiger partial charge in [0.05, 0.1) is 26.5 Å². The van der Waals surface area contributed by atoms with Gasteiger partial charge >= 0.3 is 0 Å². The van der Waals surface area contributed by atoms with Crippen molar-refractivity contribution >= 4 is 5.69 Å². The van der Waals surface area contributed by atoms with Gasteiger partial charge in [-0.3, -0.25) is 0 Å². The predicted molar refractivity (Wildman–Crippen MR) is 99.3 cm³/mol. The predicted octanol–water partition coefficient (Wildman–Crippen LogP) is 3.18. The molecule has 0 amide bonds. The summed E-state index contributed by atoms with van der Waals surface area (Å²) in [6, 6.07) is 16.3. The second kappa shape index (κ2) is 7.17. The first-order chi connectivity index (χ1) is 12.7. The van der Waals surface area contributed by atoms with Crippen molar-refractivity contribution < 1.29 is 9.47 Å². The van der Waals surface area contributed by atoms with Gasteiger partial charge in [0.1, 0.15) is 11.4 Å². The summed E-state index contributed by atoms with van der Waals surface area (Å²) >= 11 is 0. The van der Waals surface area contributed by atoms with Crippen molar-refractivity contribution in [1.29, 1.82) is 0 Å². The van der Waals surface area contributed by atoms with Crippen LogP contribution in [0.4, 0.5) is 5.69 Å². The second-order valence-corrected chi connectivity index (χ2v) is 6.39. The molecule has 2 heterocycles. The molecule has 1 fully saturated rings. The summed E-state index contributed by atoms with van der Waals surface area (Å²) in [5, 5.41) is 8.65. The molecule has 6 nitrogen and oxygen atoms in total. The summed E-state index contributed by atoms with van der Waals surface area (Å²) in [4.78, 5) is 2.19. The molecule has 2 aromatic carbocycles. The van der Waals surface area contributed by atoms with Gasteiger partial charge in [0.15, 0.2) is 6.23 Å². The van der Waals surface area contributed by atoms with Gasteiger partial charge in [-0.2, -0.15) is 0 Å². The van der Waals surface area contributed by atoms with Crippen LogP contribution >= 0.6 is 0 Å². The highest BCUT2D eigenvalue weighted by Crippen LogP contribution is 2.32. The third-order valence-electron chi connectivity index (χ3n) is 4.68. The summed E-state index contributed by atoms with van der Waals surface area (Å²) in [6.07, 6.45) is 1.74. The number of ether oxygens (including phenoxy) is 2. The van der Waals surface area contributed by atoms with Gasteiger partial charge in [-0.05, 0) is 30.2 Å². The number of hydrogen-bond donors (Lipinski definition) is 0. The van der Waals surface area contributed by atoms with E-state index in [2.05, 4.69) is 40.3 Å². The highest BCUT2D eigenvalue weighted by molar-refractivity contribution is 5.52. The van der Waals surface area contributed by atoms with Gasteiger partial charge in [0.25, 0.3) is 0 Å². The molecule has 1 aliphatic rings. The average Bonchev–Trinajstić information content (AvgIpc) is 3.33. The van der Waals surface area contributed by atoms with Crippen LogP contribution in [-0.4, -0.2) is 35.3 Å². The smallest absolute Gasteiger partial charge is 0.177 e. The highest BCUT2D eigenvalue weighted by Gasteiger charge is 2.29. The van der Waals surface area contributed by atoms with E-state index in [4.69, 9.17) is 9.47 Å². The standard InChI is InChI=1S/C20H22N4O2/c1-15-6-3-4-7-16(15)13-23-14-19(21-22-23)20-24(10-11-26-20)17-8-5-9-18(12-17)25-2/h3-9,12,14,20H,10-11,13H2,1-2H3/t20-/m0/s1. The number of anilines is 1. The first kappa shape index (κ1) is 16.6. The van der Waals surface area contributed by atoms with E-state index in [9.17, 15) is 0 Å². The number of aryl methyl sites for hydroxylation is 1. The Bertz CT molecular complexity index is 893. The van der Waals surface area contributed by atoms with E-state index in [1.807, 2.05) is 41.2 Å². The van der Waals surface area contributed by atoms with Crippen molar-refractivity contribution in [2.45, 2.75) is 19.7 Å². The van der Waals surface area contributed by atoms with Crippen molar-refractivity contribution in [3.8, 4) is 5.75 Å². The fourth-order valence-electron chi connectivity index (χ4n) is 3.23. The molecule has 4 rings (SSSR count). The van der Waals surface area contributed by atoms with Crippen LogP contribution in [0.3, 0.4) is 0 Å². The van der Waals surface area contributed by atoms with Crippen molar-refractivity contribution in [2.24, 2.45) is 0 Å². The lowest BCUT2D eigenvalue weighted by Crippen LogP contribution is -2.23. The molecule has 0 spiro atoms. The van der Waals surface area contributed by atoms with Crippen LogP contribution < -0.4 is 9.64 Å². The fourth-order valence-corrected chi connectivity index (χ4v) is 3.23. The number of nitrogens with zero attached hydrogens (tertiary/aromatic N) is 4. The minimum absolute atomic E-state index is 0.229. The molecular formula is C20H22N4O2.